The highest BCUT2D eigenvalue weighted by Crippen LogP contribution is 2.06. The van der Waals surface area contributed by atoms with Crippen molar-refractivity contribution in [2.45, 2.75) is 26.0 Å². The number of nitrogens with two attached hydrogens (primary N) is 1. The minimum Gasteiger partial charge on any atom is -0.394 e. The van der Waals surface area contributed by atoms with E-state index in [0.29, 0.717) is 19.0 Å². The van der Waals surface area contributed by atoms with Crippen molar-refractivity contribution < 1.29 is 14.4 Å². The van der Waals surface area contributed by atoms with Gasteiger partial charge in [-0.2, -0.15) is 4.98 Å². The molecule has 0 aliphatic carbocycles. The maximum absolute atomic E-state index is 8.73. The van der Waals surface area contributed by atoms with Crippen LogP contribution < -0.4 is 5.73 Å². The summed E-state index contributed by atoms with van der Waals surface area (Å²) in [6, 6.07) is -0.609. The maximum atomic E-state index is 8.73. The third-order valence-corrected chi connectivity index (χ3v) is 1.58. The first-order valence-corrected chi connectivity index (χ1v) is 4.54. The summed E-state index contributed by atoms with van der Waals surface area (Å²) < 4.78 is 10.0. The number of aliphatic hydroxyl groups is 1. The van der Waals surface area contributed by atoms with Gasteiger partial charge in [-0.3, -0.25) is 0 Å². The SMILES string of the molecule is CCCOCc1noc([C@@H](N)CO)n1. The van der Waals surface area contributed by atoms with Gasteiger partial charge in [0, 0.05) is 6.61 Å². The maximum Gasteiger partial charge on any atom is 0.246 e. The van der Waals surface area contributed by atoms with Gasteiger partial charge in [-0.25, -0.2) is 0 Å². The van der Waals surface area contributed by atoms with Gasteiger partial charge in [0.15, 0.2) is 5.82 Å². The molecule has 0 spiro atoms. The quantitative estimate of drug-likeness (QED) is 0.628. The molecule has 0 saturated carbocycles. The van der Waals surface area contributed by atoms with Crippen molar-refractivity contribution >= 4 is 0 Å². The second-order valence-corrected chi connectivity index (χ2v) is 2.89. The molecule has 14 heavy (non-hydrogen) atoms. The summed E-state index contributed by atoms with van der Waals surface area (Å²) in [4.78, 5) is 3.97. The lowest BCUT2D eigenvalue weighted by molar-refractivity contribution is 0.114. The molecule has 6 nitrogen and oxygen atoms in total. The molecule has 0 saturated heterocycles. The number of aliphatic hydroxyl groups excluding tert-OH is 1. The van der Waals surface area contributed by atoms with Crippen molar-refractivity contribution in [1.82, 2.24) is 10.1 Å². The van der Waals surface area contributed by atoms with E-state index in [9.17, 15) is 0 Å². The molecule has 1 aromatic rings. The molecule has 1 aromatic heterocycles. The Hall–Kier alpha value is -0.980. The molecule has 1 atom stereocenters. The van der Waals surface area contributed by atoms with Gasteiger partial charge >= 0.3 is 0 Å². The van der Waals surface area contributed by atoms with Crippen molar-refractivity contribution in [2.24, 2.45) is 5.73 Å². The Morgan fingerprint density at radius 3 is 3.07 bits per heavy atom. The largest absolute Gasteiger partial charge is 0.394 e. The predicted molar refractivity (Wildman–Crippen MR) is 48.3 cm³/mol. The zero-order chi connectivity index (χ0) is 10.4. The summed E-state index contributed by atoms with van der Waals surface area (Å²) in [7, 11) is 0. The number of rotatable bonds is 6. The molecule has 0 aliphatic rings. The van der Waals surface area contributed by atoms with Gasteiger partial charge in [0.1, 0.15) is 12.6 Å². The smallest absolute Gasteiger partial charge is 0.246 e. The van der Waals surface area contributed by atoms with Gasteiger partial charge in [0.2, 0.25) is 5.89 Å². The van der Waals surface area contributed by atoms with Crippen molar-refractivity contribution in [1.29, 1.82) is 0 Å². The van der Waals surface area contributed by atoms with E-state index in [-0.39, 0.29) is 12.5 Å². The molecule has 0 aromatic carbocycles. The van der Waals surface area contributed by atoms with Gasteiger partial charge in [0.25, 0.3) is 0 Å². The fourth-order valence-electron chi connectivity index (χ4n) is 0.863. The van der Waals surface area contributed by atoms with Crippen molar-refractivity contribution in [3.63, 3.8) is 0 Å². The van der Waals surface area contributed by atoms with Crippen LogP contribution in [0.3, 0.4) is 0 Å². The van der Waals surface area contributed by atoms with Crippen LogP contribution in [0.4, 0.5) is 0 Å². The number of ether oxygens (including phenoxy) is 1. The number of nitrogens with zero attached hydrogens (tertiary/aromatic N) is 2. The van der Waals surface area contributed by atoms with Gasteiger partial charge in [0.05, 0.1) is 6.61 Å². The summed E-state index contributed by atoms with van der Waals surface area (Å²) in [6.07, 6.45) is 0.945. The molecular formula is C8H15N3O3. The normalized spacial score (nSPS) is 13.1. The molecule has 3 N–H and O–H groups in total. The van der Waals surface area contributed by atoms with Gasteiger partial charge in [-0.05, 0) is 6.42 Å². The molecule has 0 fully saturated rings. The van der Waals surface area contributed by atoms with E-state index in [2.05, 4.69) is 10.1 Å². The summed E-state index contributed by atoms with van der Waals surface area (Å²) in [5.41, 5.74) is 5.48. The minimum atomic E-state index is -0.609. The second kappa shape index (κ2) is 5.69. The van der Waals surface area contributed by atoms with Crippen molar-refractivity contribution in [3.8, 4) is 0 Å². The molecule has 0 aliphatic heterocycles. The molecule has 0 amide bonds. The Labute approximate surface area is 82.1 Å². The Bertz CT molecular complexity index is 264. The minimum absolute atomic E-state index is 0.211. The summed E-state index contributed by atoms with van der Waals surface area (Å²) in [5.74, 6) is 0.694. The van der Waals surface area contributed by atoms with E-state index < -0.39 is 6.04 Å². The lowest BCUT2D eigenvalue weighted by Crippen LogP contribution is -2.14. The Morgan fingerprint density at radius 1 is 1.64 bits per heavy atom. The summed E-state index contributed by atoms with van der Waals surface area (Å²) >= 11 is 0. The fraction of sp³-hybridized carbons (Fsp3) is 0.750. The van der Waals surface area contributed by atoms with Crippen molar-refractivity contribution in [2.75, 3.05) is 13.2 Å². The Kier molecular flexibility index (Phi) is 4.51. The lowest BCUT2D eigenvalue weighted by Gasteiger charge is -1.98. The highest BCUT2D eigenvalue weighted by Gasteiger charge is 2.13. The zero-order valence-corrected chi connectivity index (χ0v) is 8.14. The molecule has 0 radical (unpaired) electrons. The molecule has 0 bridgehead atoms. The highest BCUT2D eigenvalue weighted by atomic mass is 16.5. The molecular weight excluding hydrogens is 186 g/mol. The average molecular weight is 201 g/mol. The fourth-order valence-corrected chi connectivity index (χ4v) is 0.863. The standard InChI is InChI=1S/C8H15N3O3/c1-2-3-13-5-7-10-8(14-11-7)6(9)4-12/h6,12H,2-5,9H2,1H3/t6-/m0/s1. The molecule has 1 heterocycles. The highest BCUT2D eigenvalue weighted by molar-refractivity contribution is 4.90. The number of hydrogen-bond acceptors (Lipinski definition) is 6. The van der Waals surface area contributed by atoms with Crippen LogP contribution in [0.5, 0.6) is 0 Å². The van der Waals surface area contributed by atoms with Crippen LogP contribution in [0.2, 0.25) is 0 Å². The first-order valence-electron chi connectivity index (χ1n) is 4.54. The van der Waals surface area contributed by atoms with E-state index in [0.717, 1.165) is 6.42 Å². The topological polar surface area (TPSA) is 94.4 Å². The number of hydrogen-bond donors (Lipinski definition) is 2. The van der Waals surface area contributed by atoms with Gasteiger partial charge < -0.3 is 20.1 Å². The summed E-state index contributed by atoms with van der Waals surface area (Å²) in [6.45, 7) is 2.78. The molecule has 6 heteroatoms. The van der Waals surface area contributed by atoms with Crippen LogP contribution >= 0.6 is 0 Å². The zero-order valence-electron chi connectivity index (χ0n) is 8.14. The number of aromatic nitrogens is 2. The lowest BCUT2D eigenvalue weighted by atomic mass is 10.3. The van der Waals surface area contributed by atoms with Gasteiger partial charge in [-0.15, -0.1) is 0 Å². The van der Waals surface area contributed by atoms with Gasteiger partial charge in [-0.1, -0.05) is 12.1 Å². The van der Waals surface area contributed by atoms with E-state index in [1.54, 1.807) is 0 Å². The monoisotopic (exact) mass is 201 g/mol. The van der Waals surface area contributed by atoms with Crippen LogP contribution in [0, 0.1) is 0 Å². The van der Waals surface area contributed by atoms with E-state index in [1.165, 1.54) is 0 Å². The van der Waals surface area contributed by atoms with E-state index in [1.807, 2.05) is 6.92 Å². The Balaban J connectivity index is 2.42. The molecule has 80 valence electrons. The average Bonchev–Trinajstić information content (AvgIpc) is 2.66. The van der Waals surface area contributed by atoms with Crippen molar-refractivity contribution in [3.05, 3.63) is 11.7 Å². The third kappa shape index (κ3) is 3.06. The molecule has 1 rings (SSSR count). The van der Waals surface area contributed by atoms with Crippen LogP contribution in [0.15, 0.2) is 4.52 Å². The van der Waals surface area contributed by atoms with E-state index in [4.69, 9.17) is 20.1 Å². The summed E-state index contributed by atoms with van der Waals surface area (Å²) in [5, 5.41) is 12.4. The Morgan fingerprint density at radius 2 is 2.43 bits per heavy atom. The predicted octanol–water partition coefficient (Wildman–Crippen LogP) is -0.0117. The van der Waals surface area contributed by atoms with Crippen LogP contribution in [-0.4, -0.2) is 28.5 Å². The first kappa shape index (κ1) is 11.1. The van der Waals surface area contributed by atoms with Crippen LogP contribution in [-0.2, 0) is 11.3 Å². The van der Waals surface area contributed by atoms with Crippen LogP contribution in [0.25, 0.3) is 0 Å². The second-order valence-electron chi connectivity index (χ2n) is 2.89. The van der Waals surface area contributed by atoms with Crippen LogP contribution in [0.1, 0.15) is 31.1 Å². The first-order chi connectivity index (χ1) is 6.77. The van der Waals surface area contributed by atoms with E-state index >= 15 is 0 Å². The third-order valence-electron chi connectivity index (χ3n) is 1.58. The molecule has 0 unspecified atom stereocenters.